The quantitative estimate of drug-likeness (QED) is 0.768. The molecule has 1 nitrogen and oxygen atoms in total. The van der Waals surface area contributed by atoms with Crippen LogP contribution in [0, 0.1) is 6.92 Å². The molecule has 0 radical (unpaired) electrons. The molecule has 0 bridgehead atoms. The van der Waals surface area contributed by atoms with Gasteiger partial charge in [0.05, 0.1) is 0 Å². The van der Waals surface area contributed by atoms with Gasteiger partial charge in [-0.3, -0.25) is 0 Å². The van der Waals surface area contributed by atoms with Gasteiger partial charge in [-0.15, -0.1) is 0 Å². The van der Waals surface area contributed by atoms with Crippen molar-refractivity contribution in [1.29, 1.82) is 0 Å². The first-order valence-corrected chi connectivity index (χ1v) is 4.13. The number of rotatable bonds is 3. The molecule has 1 aromatic rings. The Kier molecular flexibility index (Phi) is 3.37. The van der Waals surface area contributed by atoms with E-state index in [-0.39, 0.29) is 12.2 Å². The van der Waals surface area contributed by atoms with E-state index >= 15 is 0 Å². The van der Waals surface area contributed by atoms with E-state index in [0.717, 1.165) is 5.56 Å². The van der Waals surface area contributed by atoms with Crippen LogP contribution in [-0.2, 0) is 6.42 Å². The molecule has 0 atom stereocenters. The number of halogens is 2. The van der Waals surface area contributed by atoms with Crippen molar-refractivity contribution in [3.8, 4) is 0 Å². The molecule has 0 unspecified atom stereocenters. The first kappa shape index (κ1) is 10.1. The van der Waals surface area contributed by atoms with Gasteiger partial charge in [0.1, 0.15) is 0 Å². The van der Waals surface area contributed by atoms with E-state index in [9.17, 15) is 8.78 Å². The highest BCUT2D eigenvalue weighted by Crippen LogP contribution is 2.23. The lowest BCUT2D eigenvalue weighted by Gasteiger charge is -2.08. The summed E-state index contributed by atoms with van der Waals surface area (Å²) in [7, 11) is 0. The Balaban J connectivity index is 3.03. The third kappa shape index (κ3) is 2.49. The maximum Gasteiger partial charge on any atom is 0.264 e. The molecular weight excluding hydrogens is 174 g/mol. The van der Waals surface area contributed by atoms with Crippen molar-refractivity contribution in [2.45, 2.75) is 19.8 Å². The smallest absolute Gasteiger partial charge is 0.264 e. The fraction of sp³-hybridized carbons (Fsp3) is 0.400. The minimum absolute atomic E-state index is 0.0275. The molecule has 72 valence electrons. The van der Waals surface area contributed by atoms with Gasteiger partial charge in [0.2, 0.25) is 0 Å². The predicted molar refractivity (Wildman–Crippen MR) is 46.9 cm³/mol. The van der Waals surface area contributed by atoms with Gasteiger partial charge in [0, 0.05) is 12.2 Å². The van der Waals surface area contributed by atoms with Crippen LogP contribution < -0.4 is 0 Å². The van der Waals surface area contributed by atoms with Crippen LogP contribution in [0.1, 0.15) is 23.1 Å². The van der Waals surface area contributed by atoms with Gasteiger partial charge >= 0.3 is 0 Å². The number of aryl methyl sites for hydroxylation is 1. The summed E-state index contributed by atoms with van der Waals surface area (Å²) in [5.74, 6) is 0. The van der Waals surface area contributed by atoms with E-state index in [1.165, 1.54) is 6.07 Å². The predicted octanol–water partition coefficient (Wildman–Crippen LogP) is 2.47. The van der Waals surface area contributed by atoms with E-state index < -0.39 is 6.43 Å². The third-order valence-electron chi connectivity index (χ3n) is 1.91. The fourth-order valence-electron chi connectivity index (χ4n) is 1.28. The van der Waals surface area contributed by atoms with Crippen LogP contribution in [0.3, 0.4) is 0 Å². The third-order valence-corrected chi connectivity index (χ3v) is 1.91. The van der Waals surface area contributed by atoms with Crippen molar-refractivity contribution in [2.24, 2.45) is 0 Å². The van der Waals surface area contributed by atoms with Crippen LogP contribution in [0.4, 0.5) is 8.78 Å². The summed E-state index contributed by atoms with van der Waals surface area (Å²) in [5.41, 5.74) is 1.50. The normalized spacial score (nSPS) is 10.8. The first-order chi connectivity index (χ1) is 6.15. The molecule has 0 spiro atoms. The molecule has 0 aliphatic heterocycles. The lowest BCUT2D eigenvalue weighted by atomic mass is 10.0. The molecule has 0 aliphatic carbocycles. The minimum atomic E-state index is -2.46. The average molecular weight is 186 g/mol. The monoisotopic (exact) mass is 186 g/mol. The van der Waals surface area contributed by atoms with Gasteiger partial charge in [-0.05, 0) is 18.9 Å². The number of hydrogen-bond acceptors (Lipinski definition) is 1. The minimum Gasteiger partial charge on any atom is -0.396 e. The summed E-state index contributed by atoms with van der Waals surface area (Å²) in [5, 5.41) is 8.67. The second-order valence-electron chi connectivity index (χ2n) is 2.98. The van der Waals surface area contributed by atoms with Crippen LogP contribution in [0.25, 0.3) is 0 Å². The maximum absolute atomic E-state index is 12.4. The molecule has 0 heterocycles. The standard InChI is InChI=1S/C10H12F2O/c1-7-2-3-9(10(11)12)8(6-7)4-5-13/h2-3,6,10,13H,4-5H2,1H3. The summed E-state index contributed by atoms with van der Waals surface area (Å²) >= 11 is 0. The Morgan fingerprint density at radius 2 is 2.08 bits per heavy atom. The van der Waals surface area contributed by atoms with Gasteiger partial charge < -0.3 is 5.11 Å². The summed E-state index contributed by atoms with van der Waals surface area (Å²) in [6.45, 7) is 1.75. The van der Waals surface area contributed by atoms with Crippen LogP contribution >= 0.6 is 0 Å². The molecule has 0 amide bonds. The summed E-state index contributed by atoms with van der Waals surface area (Å²) in [6, 6.07) is 4.77. The number of hydrogen-bond donors (Lipinski definition) is 1. The fourth-order valence-corrected chi connectivity index (χ4v) is 1.28. The summed E-state index contributed by atoms with van der Waals surface area (Å²) in [6.07, 6.45) is -2.16. The average Bonchev–Trinajstić information content (AvgIpc) is 2.04. The highest BCUT2D eigenvalue weighted by atomic mass is 19.3. The van der Waals surface area contributed by atoms with Crippen LogP contribution in [0.15, 0.2) is 18.2 Å². The van der Waals surface area contributed by atoms with Crippen LogP contribution in [0.2, 0.25) is 0 Å². The zero-order valence-corrected chi connectivity index (χ0v) is 7.43. The van der Waals surface area contributed by atoms with Crippen molar-refractivity contribution in [1.82, 2.24) is 0 Å². The maximum atomic E-state index is 12.4. The van der Waals surface area contributed by atoms with E-state index in [2.05, 4.69) is 0 Å². The Morgan fingerprint density at radius 3 is 2.62 bits per heavy atom. The van der Waals surface area contributed by atoms with Gasteiger partial charge in [0.15, 0.2) is 0 Å². The zero-order chi connectivity index (χ0) is 9.84. The lowest BCUT2D eigenvalue weighted by molar-refractivity contribution is 0.149. The number of benzene rings is 1. The van der Waals surface area contributed by atoms with E-state index in [1.54, 1.807) is 12.1 Å². The molecule has 1 N–H and O–H groups in total. The largest absolute Gasteiger partial charge is 0.396 e. The van der Waals surface area contributed by atoms with E-state index in [0.29, 0.717) is 12.0 Å². The highest BCUT2D eigenvalue weighted by Gasteiger charge is 2.11. The molecule has 1 aromatic carbocycles. The zero-order valence-electron chi connectivity index (χ0n) is 7.43. The van der Waals surface area contributed by atoms with Crippen molar-refractivity contribution >= 4 is 0 Å². The summed E-state index contributed by atoms with van der Waals surface area (Å²) < 4.78 is 24.8. The number of alkyl halides is 2. The molecule has 0 aliphatic rings. The molecule has 13 heavy (non-hydrogen) atoms. The molecule has 0 saturated heterocycles. The Morgan fingerprint density at radius 1 is 1.38 bits per heavy atom. The van der Waals surface area contributed by atoms with Gasteiger partial charge in [0.25, 0.3) is 6.43 Å². The van der Waals surface area contributed by atoms with Crippen molar-refractivity contribution in [3.05, 3.63) is 34.9 Å². The van der Waals surface area contributed by atoms with Crippen LogP contribution in [-0.4, -0.2) is 11.7 Å². The molecule has 3 heteroatoms. The molecule has 0 fully saturated rings. The van der Waals surface area contributed by atoms with Crippen molar-refractivity contribution < 1.29 is 13.9 Å². The van der Waals surface area contributed by atoms with Crippen molar-refractivity contribution in [3.63, 3.8) is 0 Å². The topological polar surface area (TPSA) is 20.2 Å². The lowest BCUT2D eigenvalue weighted by Crippen LogP contribution is -1.98. The molecule has 0 aromatic heterocycles. The van der Waals surface area contributed by atoms with Gasteiger partial charge in [-0.1, -0.05) is 23.8 Å². The van der Waals surface area contributed by atoms with Crippen molar-refractivity contribution in [2.75, 3.05) is 6.61 Å². The number of aliphatic hydroxyl groups excluding tert-OH is 1. The molecular formula is C10H12F2O. The second-order valence-corrected chi connectivity index (χ2v) is 2.98. The molecule has 0 saturated carbocycles. The summed E-state index contributed by atoms with van der Waals surface area (Å²) in [4.78, 5) is 0. The van der Waals surface area contributed by atoms with E-state index in [1.807, 2.05) is 6.92 Å². The van der Waals surface area contributed by atoms with Gasteiger partial charge in [-0.25, -0.2) is 8.78 Å². The van der Waals surface area contributed by atoms with E-state index in [4.69, 9.17) is 5.11 Å². The Bertz CT molecular complexity index is 284. The Hall–Kier alpha value is -0.960. The highest BCUT2D eigenvalue weighted by molar-refractivity contribution is 5.32. The number of aliphatic hydroxyl groups is 1. The van der Waals surface area contributed by atoms with Crippen LogP contribution in [0.5, 0.6) is 0 Å². The Labute approximate surface area is 76.0 Å². The van der Waals surface area contributed by atoms with Gasteiger partial charge in [-0.2, -0.15) is 0 Å². The molecule has 1 rings (SSSR count). The second kappa shape index (κ2) is 4.33. The SMILES string of the molecule is Cc1ccc(C(F)F)c(CCO)c1. The first-order valence-electron chi connectivity index (χ1n) is 4.13.